The number of carbonyl (C=O) groups is 2. The van der Waals surface area contributed by atoms with Gasteiger partial charge in [0.1, 0.15) is 17.1 Å². The summed E-state index contributed by atoms with van der Waals surface area (Å²) < 4.78 is 14.3. The van der Waals surface area contributed by atoms with Crippen LogP contribution >= 0.6 is 0 Å². The van der Waals surface area contributed by atoms with Crippen molar-refractivity contribution >= 4 is 23.1 Å². The van der Waals surface area contributed by atoms with E-state index in [-0.39, 0.29) is 17.2 Å². The second-order valence-electron chi connectivity index (χ2n) is 8.30. The van der Waals surface area contributed by atoms with Crippen molar-refractivity contribution in [1.29, 1.82) is 0 Å². The number of hydrogen-bond donors (Lipinski definition) is 1. The second kappa shape index (κ2) is 7.56. The van der Waals surface area contributed by atoms with E-state index in [1.807, 2.05) is 0 Å². The number of benzene rings is 2. The first-order chi connectivity index (χ1) is 15.8. The Kier molecular flexibility index (Phi) is 4.79. The molecule has 0 saturated carbocycles. The molecule has 2 aliphatic rings. The fourth-order valence-corrected chi connectivity index (χ4v) is 5.22. The number of nitrogens with one attached hydrogen (secondary N) is 1. The minimum Gasteiger partial charge on any atom is -0.324 e. The Labute approximate surface area is 188 Å². The van der Waals surface area contributed by atoms with Gasteiger partial charge < -0.3 is 5.32 Å². The summed E-state index contributed by atoms with van der Waals surface area (Å²) in [6.45, 7) is 0.310. The topological polar surface area (TPSA) is 105 Å². The highest BCUT2D eigenvalue weighted by Crippen LogP contribution is 2.55. The van der Waals surface area contributed by atoms with E-state index in [4.69, 9.17) is 0 Å². The van der Waals surface area contributed by atoms with Crippen molar-refractivity contribution in [3.8, 4) is 0 Å². The van der Waals surface area contributed by atoms with Gasteiger partial charge in [-0.1, -0.05) is 18.2 Å². The summed E-state index contributed by atoms with van der Waals surface area (Å²) in [5.74, 6) is -2.69. The molecule has 1 aromatic heterocycles. The van der Waals surface area contributed by atoms with Crippen molar-refractivity contribution in [2.45, 2.75) is 11.5 Å². The number of nitro benzene ring substituents is 1. The van der Waals surface area contributed by atoms with Crippen LogP contribution in [0.15, 0.2) is 66.9 Å². The number of halogens is 1. The Morgan fingerprint density at radius 3 is 2.64 bits per heavy atom. The summed E-state index contributed by atoms with van der Waals surface area (Å²) >= 11 is 0. The number of nitrogens with zero attached hydrogens (tertiary/aromatic N) is 3. The van der Waals surface area contributed by atoms with Crippen molar-refractivity contribution in [3.63, 3.8) is 0 Å². The summed E-state index contributed by atoms with van der Waals surface area (Å²) in [4.78, 5) is 44.0. The molecule has 1 saturated heterocycles. The molecular weight excluding hydrogens is 427 g/mol. The molecule has 3 aromatic rings. The maximum Gasteiger partial charge on any atom is 0.269 e. The average molecular weight is 446 g/mol. The molecule has 1 spiro atoms. The highest BCUT2D eigenvalue weighted by atomic mass is 19.1. The van der Waals surface area contributed by atoms with Gasteiger partial charge in [-0.3, -0.25) is 29.6 Å². The number of fused-ring (bicyclic) bond motifs is 2. The minimum atomic E-state index is -1.45. The highest BCUT2D eigenvalue weighted by Gasteiger charge is 2.64. The van der Waals surface area contributed by atoms with Gasteiger partial charge in [0.2, 0.25) is 5.91 Å². The van der Waals surface area contributed by atoms with E-state index < -0.39 is 34.0 Å². The number of non-ortho nitro benzene ring substituents is 1. The Bertz CT molecular complexity index is 1280. The third-order valence-corrected chi connectivity index (χ3v) is 6.64. The number of likely N-dealkylation sites (N-methyl/N-ethyl adjacent to an activating group) is 1. The van der Waals surface area contributed by atoms with Gasteiger partial charge in [0.15, 0.2) is 5.78 Å². The molecule has 0 unspecified atom stereocenters. The van der Waals surface area contributed by atoms with Crippen LogP contribution in [0.3, 0.4) is 0 Å². The third-order valence-electron chi connectivity index (χ3n) is 6.64. The van der Waals surface area contributed by atoms with E-state index in [0.29, 0.717) is 23.4 Å². The SMILES string of the molecule is CN1C[C@H](c2ccc([N+](=O)[O-])cc2)[C@H](C(=O)c2ccccn2)[C@@]12C(=O)Nc1ccc(F)cc12. The molecule has 1 fully saturated rings. The molecule has 2 aliphatic heterocycles. The van der Waals surface area contributed by atoms with Crippen LogP contribution in [-0.4, -0.2) is 40.1 Å². The van der Waals surface area contributed by atoms with Crippen molar-refractivity contribution in [2.75, 3.05) is 18.9 Å². The van der Waals surface area contributed by atoms with Crippen LogP contribution in [0, 0.1) is 21.8 Å². The Balaban J connectivity index is 1.71. The van der Waals surface area contributed by atoms with Crippen LogP contribution in [0.25, 0.3) is 0 Å². The number of carbonyl (C=O) groups excluding carboxylic acids is 2. The Morgan fingerprint density at radius 2 is 1.97 bits per heavy atom. The molecule has 3 heterocycles. The summed E-state index contributed by atoms with van der Waals surface area (Å²) in [5.41, 5.74) is 0.208. The average Bonchev–Trinajstić information content (AvgIpc) is 3.29. The fourth-order valence-electron chi connectivity index (χ4n) is 5.22. The smallest absolute Gasteiger partial charge is 0.269 e. The maximum atomic E-state index is 14.3. The third kappa shape index (κ3) is 3.04. The number of aromatic nitrogens is 1. The molecule has 0 radical (unpaired) electrons. The summed E-state index contributed by atoms with van der Waals surface area (Å²) in [7, 11) is 1.73. The standard InChI is InChI=1S/C24H19FN4O4/c1-28-13-17(14-5-8-16(9-6-14)29(32)33)21(22(30)20-4-2-3-11-26-20)24(28)18-12-15(25)7-10-19(18)27-23(24)31/h2-12,17,21H,13H2,1H3,(H,27,31)/t17-,21-,24+/m1/s1. The predicted molar refractivity (Wildman–Crippen MR) is 117 cm³/mol. The zero-order chi connectivity index (χ0) is 23.3. The van der Waals surface area contributed by atoms with Gasteiger partial charge in [0.25, 0.3) is 5.69 Å². The normalized spacial score (nSPS) is 24.0. The van der Waals surface area contributed by atoms with Crippen LogP contribution in [0.5, 0.6) is 0 Å². The lowest BCUT2D eigenvalue weighted by Gasteiger charge is -2.35. The van der Waals surface area contributed by atoms with E-state index in [1.165, 1.54) is 36.5 Å². The number of ketones is 1. The molecule has 33 heavy (non-hydrogen) atoms. The lowest BCUT2D eigenvalue weighted by atomic mass is 9.71. The van der Waals surface area contributed by atoms with E-state index >= 15 is 0 Å². The van der Waals surface area contributed by atoms with Gasteiger partial charge in [-0.25, -0.2) is 4.39 Å². The van der Waals surface area contributed by atoms with Gasteiger partial charge in [0, 0.05) is 42.0 Å². The van der Waals surface area contributed by atoms with Crippen molar-refractivity contribution in [2.24, 2.45) is 5.92 Å². The van der Waals surface area contributed by atoms with Crippen molar-refractivity contribution < 1.29 is 18.9 Å². The number of nitro groups is 1. The Morgan fingerprint density at radius 1 is 1.21 bits per heavy atom. The summed E-state index contributed by atoms with van der Waals surface area (Å²) in [6.07, 6.45) is 1.50. The molecule has 5 rings (SSSR count). The van der Waals surface area contributed by atoms with Crippen LogP contribution < -0.4 is 5.32 Å². The number of Topliss-reactive ketones (excluding diaryl/α,β-unsaturated/α-hetero) is 1. The highest BCUT2D eigenvalue weighted by molar-refractivity contribution is 6.11. The number of pyridine rings is 1. The molecular formula is C24H19FN4O4. The van der Waals surface area contributed by atoms with Crippen LogP contribution in [-0.2, 0) is 10.3 Å². The summed E-state index contributed by atoms with van der Waals surface area (Å²) in [6, 6.07) is 15.0. The molecule has 1 amide bonds. The molecule has 166 valence electrons. The second-order valence-corrected chi connectivity index (χ2v) is 8.30. The molecule has 2 aromatic carbocycles. The molecule has 0 bridgehead atoms. The first kappa shape index (κ1) is 20.9. The Hall–Kier alpha value is -3.98. The van der Waals surface area contributed by atoms with E-state index in [0.717, 1.165) is 0 Å². The summed E-state index contributed by atoms with van der Waals surface area (Å²) in [5, 5.41) is 13.9. The van der Waals surface area contributed by atoms with Gasteiger partial charge >= 0.3 is 0 Å². The van der Waals surface area contributed by atoms with Gasteiger partial charge in [-0.2, -0.15) is 0 Å². The zero-order valence-corrected chi connectivity index (χ0v) is 17.6. The zero-order valence-electron chi connectivity index (χ0n) is 17.6. The largest absolute Gasteiger partial charge is 0.324 e. The van der Waals surface area contributed by atoms with Crippen LogP contribution in [0.4, 0.5) is 15.8 Å². The van der Waals surface area contributed by atoms with E-state index in [1.54, 1.807) is 42.3 Å². The van der Waals surface area contributed by atoms with Gasteiger partial charge in [-0.05, 0) is 42.9 Å². The number of anilines is 1. The van der Waals surface area contributed by atoms with E-state index in [2.05, 4.69) is 10.3 Å². The fraction of sp³-hybridized carbons (Fsp3) is 0.208. The number of amides is 1. The van der Waals surface area contributed by atoms with Crippen LogP contribution in [0.1, 0.15) is 27.5 Å². The lowest BCUT2D eigenvalue weighted by Crippen LogP contribution is -2.51. The maximum absolute atomic E-state index is 14.3. The number of likely N-dealkylation sites (tertiary alicyclic amines) is 1. The number of rotatable bonds is 4. The molecule has 3 atom stereocenters. The van der Waals surface area contributed by atoms with E-state index in [9.17, 15) is 24.1 Å². The van der Waals surface area contributed by atoms with Crippen molar-refractivity contribution in [3.05, 3.63) is 99.6 Å². The molecule has 1 N–H and O–H groups in total. The molecule has 0 aliphatic carbocycles. The van der Waals surface area contributed by atoms with Crippen LogP contribution in [0.2, 0.25) is 0 Å². The first-order valence-corrected chi connectivity index (χ1v) is 10.4. The predicted octanol–water partition coefficient (Wildman–Crippen LogP) is 3.50. The van der Waals surface area contributed by atoms with Gasteiger partial charge in [0.05, 0.1) is 10.8 Å². The minimum absolute atomic E-state index is 0.0709. The number of hydrogen-bond acceptors (Lipinski definition) is 6. The quantitative estimate of drug-likeness (QED) is 0.374. The first-order valence-electron chi connectivity index (χ1n) is 10.4. The van der Waals surface area contributed by atoms with Gasteiger partial charge in [-0.15, -0.1) is 0 Å². The van der Waals surface area contributed by atoms with Crippen molar-refractivity contribution in [1.82, 2.24) is 9.88 Å². The monoisotopic (exact) mass is 446 g/mol. The lowest BCUT2D eigenvalue weighted by molar-refractivity contribution is -0.384. The molecule has 9 heteroatoms. The molecule has 8 nitrogen and oxygen atoms in total.